The van der Waals surface area contributed by atoms with Gasteiger partial charge in [-0.1, -0.05) is 23.8 Å². The van der Waals surface area contributed by atoms with E-state index in [2.05, 4.69) is 11.3 Å². The Labute approximate surface area is 102 Å². The van der Waals surface area contributed by atoms with Crippen LogP contribution in [0.4, 0.5) is 0 Å². The van der Waals surface area contributed by atoms with Crippen LogP contribution in [0.25, 0.3) is 0 Å². The van der Waals surface area contributed by atoms with Gasteiger partial charge in [0.1, 0.15) is 0 Å². The molecule has 94 valence electrons. The number of benzene rings is 1. The van der Waals surface area contributed by atoms with Crippen LogP contribution in [0.1, 0.15) is 12.0 Å². The van der Waals surface area contributed by atoms with Gasteiger partial charge >= 0.3 is 0 Å². The lowest BCUT2D eigenvalue weighted by molar-refractivity contribution is 0.214. The minimum atomic E-state index is -3.48. The Balaban J connectivity index is 2.63. The number of nitrogens with one attached hydrogen (secondary N) is 1. The quantitative estimate of drug-likeness (QED) is 0.751. The maximum atomic E-state index is 11.8. The molecule has 0 unspecified atom stereocenters. The molecule has 4 nitrogen and oxygen atoms in total. The molecule has 0 radical (unpaired) electrons. The first-order chi connectivity index (χ1) is 7.95. The molecule has 0 saturated heterocycles. The summed E-state index contributed by atoms with van der Waals surface area (Å²) in [7, 11) is -3.48. The van der Waals surface area contributed by atoms with Crippen LogP contribution in [0, 0.1) is 6.92 Å². The van der Waals surface area contributed by atoms with Gasteiger partial charge in [-0.15, -0.1) is 6.58 Å². The van der Waals surface area contributed by atoms with Gasteiger partial charge in [0.2, 0.25) is 10.0 Å². The van der Waals surface area contributed by atoms with E-state index in [4.69, 9.17) is 0 Å². The molecule has 0 saturated carbocycles. The number of hydrogen-bond donors (Lipinski definition) is 2. The van der Waals surface area contributed by atoms with Crippen LogP contribution in [0.2, 0.25) is 0 Å². The first-order valence-corrected chi connectivity index (χ1v) is 6.81. The summed E-state index contributed by atoms with van der Waals surface area (Å²) < 4.78 is 26.0. The fourth-order valence-electron chi connectivity index (χ4n) is 1.26. The van der Waals surface area contributed by atoms with Crippen molar-refractivity contribution in [1.29, 1.82) is 0 Å². The second-order valence-electron chi connectivity index (χ2n) is 3.80. The molecule has 0 aliphatic carbocycles. The van der Waals surface area contributed by atoms with E-state index in [1.165, 1.54) is 6.08 Å². The minimum absolute atomic E-state index is 0.184. The monoisotopic (exact) mass is 255 g/mol. The molecule has 1 aromatic rings. The molecule has 17 heavy (non-hydrogen) atoms. The first kappa shape index (κ1) is 13.9. The molecule has 0 bridgehead atoms. The Kier molecular flexibility index (Phi) is 4.86. The highest BCUT2D eigenvalue weighted by molar-refractivity contribution is 7.89. The van der Waals surface area contributed by atoms with Gasteiger partial charge in [-0.05, 0) is 25.5 Å². The summed E-state index contributed by atoms with van der Waals surface area (Å²) in [5.74, 6) is 0. The molecule has 1 rings (SSSR count). The lowest BCUT2D eigenvalue weighted by atomic mass is 10.2. The van der Waals surface area contributed by atoms with Crippen LogP contribution in [0.5, 0.6) is 0 Å². The molecule has 1 atom stereocenters. The zero-order chi connectivity index (χ0) is 12.9. The van der Waals surface area contributed by atoms with Crippen LogP contribution >= 0.6 is 0 Å². The molecular weight excluding hydrogens is 238 g/mol. The van der Waals surface area contributed by atoms with Gasteiger partial charge < -0.3 is 5.11 Å². The Morgan fingerprint density at radius 1 is 1.41 bits per heavy atom. The van der Waals surface area contributed by atoms with Crippen LogP contribution in [0.3, 0.4) is 0 Å². The standard InChI is InChI=1S/C12H17NO3S/c1-3-11(14)8-9-13-17(15,16)12-6-4-10(2)5-7-12/h3-7,11,13-14H,1,8-9H2,2H3/t11-/m0/s1. The normalized spacial score (nSPS) is 13.3. The second kappa shape index (κ2) is 5.95. The van der Waals surface area contributed by atoms with Crippen molar-refractivity contribution >= 4 is 10.0 Å². The summed E-state index contributed by atoms with van der Waals surface area (Å²) in [4.78, 5) is 0.233. The molecule has 0 fully saturated rings. The predicted octanol–water partition coefficient (Wildman–Crippen LogP) is 1.21. The third-order valence-corrected chi connectivity index (χ3v) is 3.81. The number of rotatable bonds is 6. The molecule has 0 aliphatic heterocycles. The van der Waals surface area contributed by atoms with E-state index in [-0.39, 0.29) is 11.4 Å². The molecule has 0 aliphatic rings. The van der Waals surface area contributed by atoms with E-state index in [9.17, 15) is 13.5 Å². The van der Waals surface area contributed by atoms with Crippen LogP contribution in [-0.4, -0.2) is 26.2 Å². The number of sulfonamides is 1. The summed E-state index contributed by atoms with van der Waals surface area (Å²) in [5.41, 5.74) is 1.01. The lowest BCUT2D eigenvalue weighted by Crippen LogP contribution is -2.26. The fourth-order valence-corrected chi connectivity index (χ4v) is 2.31. The van der Waals surface area contributed by atoms with Crippen LogP contribution < -0.4 is 4.72 Å². The maximum Gasteiger partial charge on any atom is 0.240 e. The van der Waals surface area contributed by atoms with Gasteiger partial charge in [0.15, 0.2) is 0 Å². The Morgan fingerprint density at radius 2 is 2.00 bits per heavy atom. The predicted molar refractivity (Wildman–Crippen MR) is 67.2 cm³/mol. The van der Waals surface area contributed by atoms with E-state index in [0.717, 1.165) is 5.56 Å². The fraction of sp³-hybridized carbons (Fsp3) is 0.333. The lowest BCUT2D eigenvalue weighted by Gasteiger charge is -2.08. The highest BCUT2D eigenvalue weighted by Gasteiger charge is 2.13. The summed E-state index contributed by atoms with van der Waals surface area (Å²) in [5, 5.41) is 9.21. The maximum absolute atomic E-state index is 11.8. The van der Waals surface area contributed by atoms with Gasteiger partial charge in [-0.3, -0.25) is 0 Å². The topological polar surface area (TPSA) is 66.4 Å². The van der Waals surface area contributed by atoms with Crippen molar-refractivity contribution < 1.29 is 13.5 Å². The van der Waals surface area contributed by atoms with Gasteiger partial charge in [0, 0.05) is 6.54 Å². The van der Waals surface area contributed by atoms with Crippen molar-refractivity contribution in [3.05, 3.63) is 42.5 Å². The molecule has 0 aromatic heterocycles. The van der Waals surface area contributed by atoms with Gasteiger partial charge in [0.25, 0.3) is 0 Å². The zero-order valence-electron chi connectivity index (χ0n) is 9.76. The van der Waals surface area contributed by atoms with Gasteiger partial charge in [-0.25, -0.2) is 13.1 Å². The molecule has 5 heteroatoms. The molecule has 0 amide bonds. The Morgan fingerprint density at radius 3 is 2.53 bits per heavy atom. The van der Waals surface area contributed by atoms with Crippen molar-refractivity contribution in [1.82, 2.24) is 4.72 Å². The highest BCUT2D eigenvalue weighted by atomic mass is 32.2. The van der Waals surface area contributed by atoms with Crippen molar-refractivity contribution in [3.63, 3.8) is 0 Å². The summed E-state index contributed by atoms with van der Waals surface area (Å²) in [6.07, 6.45) is 1.00. The smallest absolute Gasteiger partial charge is 0.240 e. The summed E-state index contributed by atoms with van der Waals surface area (Å²) in [6, 6.07) is 6.60. The molecular formula is C12H17NO3S. The highest BCUT2D eigenvalue weighted by Crippen LogP contribution is 2.09. The van der Waals surface area contributed by atoms with Crippen LogP contribution in [-0.2, 0) is 10.0 Å². The van der Waals surface area contributed by atoms with Crippen molar-refractivity contribution in [2.24, 2.45) is 0 Å². The number of aliphatic hydroxyl groups is 1. The van der Waals surface area contributed by atoms with E-state index in [0.29, 0.717) is 6.42 Å². The van der Waals surface area contributed by atoms with Crippen molar-refractivity contribution in [2.75, 3.05) is 6.54 Å². The Hall–Kier alpha value is -1.17. The van der Waals surface area contributed by atoms with Gasteiger partial charge in [-0.2, -0.15) is 0 Å². The average Bonchev–Trinajstić information content (AvgIpc) is 2.29. The second-order valence-corrected chi connectivity index (χ2v) is 5.57. The molecule has 2 N–H and O–H groups in total. The van der Waals surface area contributed by atoms with Gasteiger partial charge in [0.05, 0.1) is 11.0 Å². The van der Waals surface area contributed by atoms with E-state index in [1.54, 1.807) is 24.3 Å². The third-order valence-electron chi connectivity index (χ3n) is 2.34. The van der Waals surface area contributed by atoms with Crippen molar-refractivity contribution in [2.45, 2.75) is 24.3 Å². The SMILES string of the molecule is C=C[C@H](O)CCNS(=O)(=O)c1ccc(C)cc1. The van der Waals surface area contributed by atoms with Crippen LogP contribution in [0.15, 0.2) is 41.8 Å². The summed E-state index contributed by atoms with van der Waals surface area (Å²) in [6.45, 7) is 5.49. The number of aliphatic hydroxyl groups excluding tert-OH is 1. The third kappa shape index (κ3) is 4.30. The van der Waals surface area contributed by atoms with E-state index >= 15 is 0 Å². The molecule has 1 aromatic carbocycles. The summed E-state index contributed by atoms with van der Waals surface area (Å²) >= 11 is 0. The largest absolute Gasteiger partial charge is 0.389 e. The zero-order valence-corrected chi connectivity index (χ0v) is 10.6. The Bertz CT molecular complexity index is 465. The van der Waals surface area contributed by atoms with Crippen molar-refractivity contribution in [3.8, 4) is 0 Å². The first-order valence-electron chi connectivity index (χ1n) is 5.32. The number of aryl methyl sites for hydroxylation is 1. The molecule has 0 spiro atoms. The van der Waals surface area contributed by atoms with E-state index in [1.807, 2.05) is 6.92 Å². The number of hydrogen-bond acceptors (Lipinski definition) is 3. The molecule has 0 heterocycles. The minimum Gasteiger partial charge on any atom is -0.389 e. The van der Waals surface area contributed by atoms with E-state index < -0.39 is 16.1 Å². The average molecular weight is 255 g/mol.